The number of anilines is 1. The summed E-state index contributed by atoms with van der Waals surface area (Å²) in [5, 5.41) is 2.70. The average Bonchev–Trinajstić information content (AvgIpc) is 2.53. The van der Waals surface area contributed by atoms with Crippen LogP contribution in [-0.4, -0.2) is 49.0 Å². The van der Waals surface area contributed by atoms with Gasteiger partial charge in [-0.05, 0) is 43.5 Å². The maximum atomic E-state index is 12.2. The number of nitrogens with zero attached hydrogens (tertiary/aromatic N) is 1. The van der Waals surface area contributed by atoms with Gasteiger partial charge in [0, 0.05) is 31.0 Å². The summed E-state index contributed by atoms with van der Waals surface area (Å²) in [5.74, 6) is -0.491. The maximum absolute atomic E-state index is 12.2. The van der Waals surface area contributed by atoms with Gasteiger partial charge in [-0.3, -0.25) is 9.69 Å². The van der Waals surface area contributed by atoms with E-state index >= 15 is 0 Å². The second kappa shape index (κ2) is 6.60. The lowest BCUT2D eigenvalue weighted by Gasteiger charge is -2.54. The Bertz CT molecular complexity index is 583. The van der Waals surface area contributed by atoms with Crippen molar-refractivity contribution in [3.05, 3.63) is 24.3 Å². The van der Waals surface area contributed by atoms with Gasteiger partial charge in [0.25, 0.3) is 0 Å². The van der Waals surface area contributed by atoms with Crippen molar-refractivity contribution >= 4 is 11.6 Å². The number of carbonyl (C=O) groups excluding carboxylic acids is 1. The molecule has 2 saturated heterocycles. The first-order valence-electron chi connectivity index (χ1n) is 7.85. The zero-order valence-electron chi connectivity index (χ0n) is 13.1. The van der Waals surface area contributed by atoms with Crippen molar-refractivity contribution in [2.24, 2.45) is 0 Å². The van der Waals surface area contributed by atoms with E-state index in [1.807, 2.05) is 0 Å². The molecule has 1 aromatic carbocycles. The molecular weight excluding hydrogens is 325 g/mol. The standard InChI is InChI=1S/C16H19F3N2O3/c17-16(18,19)24-13-3-1-12(2-4-13)20-14(22)11-21-8-5-15(21)6-9-23-10-7-15/h1-4H,5-11H2,(H,20,22). The van der Waals surface area contributed by atoms with Crippen molar-refractivity contribution < 1.29 is 27.4 Å². The molecule has 24 heavy (non-hydrogen) atoms. The van der Waals surface area contributed by atoms with Crippen LogP contribution in [-0.2, 0) is 9.53 Å². The van der Waals surface area contributed by atoms with Gasteiger partial charge in [-0.2, -0.15) is 0 Å². The van der Waals surface area contributed by atoms with Gasteiger partial charge < -0.3 is 14.8 Å². The summed E-state index contributed by atoms with van der Waals surface area (Å²) in [6, 6.07) is 5.12. The van der Waals surface area contributed by atoms with Crippen LogP contribution in [0.2, 0.25) is 0 Å². The largest absolute Gasteiger partial charge is 0.573 e. The van der Waals surface area contributed by atoms with Gasteiger partial charge in [-0.1, -0.05) is 0 Å². The average molecular weight is 344 g/mol. The third-order valence-electron chi connectivity index (χ3n) is 4.65. The summed E-state index contributed by atoms with van der Waals surface area (Å²) in [4.78, 5) is 14.3. The van der Waals surface area contributed by atoms with E-state index in [2.05, 4.69) is 15.0 Å². The summed E-state index contributed by atoms with van der Waals surface area (Å²) in [5.41, 5.74) is 0.524. The predicted octanol–water partition coefficient (Wildman–Crippen LogP) is 2.78. The van der Waals surface area contributed by atoms with Crippen molar-refractivity contribution in [2.75, 3.05) is 31.6 Å². The molecule has 1 amide bonds. The molecule has 132 valence electrons. The summed E-state index contributed by atoms with van der Waals surface area (Å²) in [6.45, 7) is 2.60. The normalized spacial score (nSPS) is 20.5. The lowest BCUT2D eigenvalue weighted by Crippen LogP contribution is -2.63. The lowest BCUT2D eigenvalue weighted by atomic mass is 9.78. The Morgan fingerprint density at radius 2 is 1.88 bits per heavy atom. The minimum Gasteiger partial charge on any atom is -0.406 e. The Morgan fingerprint density at radius 1 is 1.21 bits per heavy atom. The van der Waals surface area contributed by atoms with Gasteiger partial charge in [0.2, 0.25) is 5.91 Å². The molecule has 8 heteroatoms. The van der Waals surface area contributed by atoms with Crippen molar-refractivity contribution in [3.63, 3.8) is 0 Å². The topological polar surface area (TPSA) is 50.8 Å². The Kier molecular flexibility index (Phi) is 4.69. The van der Waals surface area contributed by atoms with Gasteiger partial charge in [0.05, 0.1) is 6.54 Å². The Labute approximate surface area is 137 Å². The SMILES string of the molecule is O=C(CN1CCC12CCOCC2)Nc1ccc(OC(F)(F)F)cc1. The number of amides is 1. The van der Waals surface area contributed by atoms with E-state index in [9.17, 15) is 18.0 Å². The van der Waals surface area contributed by atoms with E-state index in [1.165, 1.54) is 24.3 Å². The highest BCUT2D eigenvalue weighted by atomic mass is 19.4. The zero-order valence-corrected chi connectivity index (χ0v) is 13.1. The van der Waals surface area contributed by atoms with Crippen LogP contribution in [0.4, 0.5) is 18.9 Å². The molecule has 1 aromatic rings. The Hall–Kier alpha value is -1.80. The highest BCUT2D eigenvalue weighted by Crippen LogP contribution is 2.38. The van der Waals surface area contributed by atoms with Crippen LogP contribution in [0, 0.1) is 0 Å². The van der Waals surface area contributed by atoms with Gasteiger partial charge in [-0.15, -0.1) is 13.2 Å². The molecular formula is C16H19F3N2O3. The van der Waals surface area contributed by atoms with Crippen LogP contribution in [0.1, 0.15) is 19.3 Å². The second-order valence-electron chi connectivity index (χ2n) is 6.13. The number of carbonyl (C=O) groups is 1. The number of hydrogen-bond donors (Lipinski definition) is 1. The highest BCUT2D eigenvalue weighted by molar-refractivity contribution is 5.92. The number of nitrogens with one attached hydrogen (secondary N) is 1. The summed E-state index contributed by atoms with van der Waals surface area (Å²) in [7, 11) is 0. The number of ether oxygens (including phenoxy) is 2. The molecule has 0 aliphatic carbocycles. The number of benzene rings is 1. The first-order valence-corrected chi connectivity index (χ1v) is 7.85. The minimum atomic E-state index is -4.72. The van der Waals surface area contributed by atoms with Crippen molar-refractivity contribution in [1.82, 2.24) is 4.90 Å². The molecule has 0 atom stereocenters. The van der Waals surface area contributed by atoms with Crippen molar-refractivity contribution in [2.45, 2.75) is 31.2 Å². The maximum Gasteiger partial charge on any atom is 0.573 e. The molecule has 2 aliphatic heterocycles. The van der Waals surface area contributed by atoms with Crippen LogP contribution in [0.25, 0.3) is 0 Å². The Balaban J connectivity index is 1.52. The van der Waals surface area contributed by atoms with Crippen LogP contribution >= 0.6 is 0 Å². The molecule has 2 fully saturated rings. The number of alkyl halides is 3. The molecule has 0 saturated carbocycles. The molecule has 3 rings (SSSR count). The minimum absolute atomic E-state index is 0.0833. The number of halogens is 3. The summed E-state index contributed by atoms with van der Waals surface area (Å²) < 4.78 is 45.5. The molecule has 0 bridgehead atoms. The molecule has 1 N–H and O–H groups in total. The molecule has 1 spiro atoms. The van der Waals surface area contributed by atoms with Crippen LogP contribution in [0.3, 0.4) is 0 Å². The van der Waals surface area contributed by atoms with E-state index in [-0.39, 0.29) is 23.7 Å². The second-order valence-corrected chi connectivity index (χ2v) is 6.13. The lowest BCUT2D eigenvalue weighted by molar-refractivity contribution is -0.274. The monoisotopic (exact) mass is 344 g/mol. The smallest absolute Gasteiger partial charge is 0.406 e. The molecule has 0 radical (unpaired) electrons. The fraction of sp³-hybridized carbons (Fsp3) is 0.562. The summed E-state index contributed by atoms with van der Waals surface area (Å²) >= 11 is 0. The molecule has 0 unspecified atom stereocenters. The number of rotatable bonds is 4. The van der Waals surface area contributed by atoms with Gasteiger partial charge in [0.15, 0.2) is 0 Å². The summed E-state index contributed by atoms with van der Waals surface area (Å²) in [6.07, 6.45) is -1.78. The molecule has 2 heterocycles. The first-order chi connectivity index (χ1) is 11.4. The van der Waals surface area contributed by atoms with E-state index in [0.717, 1.165) is 39.0 Å². The highest BCUT2D eigenvalue weighted by Gasteiger charge is 2.45. The van der Waals surface area contributed by atoms with Crippen LogP contribution < -0.4 is 10.1 Å². The third kappa shape index (κ3) is 3.99. The fourth-order valence-electron chi connectivity index (χ4n) is 3.26. The number of likely N-dealkylation sites (tertiary alicyclic amines) is 1. The van der Waals surface area contributed by atoms with E-state index < -0.39 is 6.36 Å². The van der Waals surface area contributed by atoms with Gasteiger partial charge in [-0.25, -0.2) is 0 Å². The Morgan fingerprint density at radius 3 is 2.42 bits per heavy atom. The van der Waals surface area contributed by atoms with E-state index in [1.54, 1.807) is 0 Å². The molecule has 2 aliphatic rings. The van der Waals surface area contributed by atoms with Crippen molar-refractivity contribution in [1.29, 1.82) is 0 Å². The predicted molar refractivity (Wildman–Crippen MR) is 80.7 cm³/mol. The number of hydrogen-bond acceptors (Lipinski definition) is 4. The van der Waals surface area contributed by atoms with E-state index in [4.69, 9.17) is 4.74 Å². The van der Waals surface area contributed by atoms with Crippen LogP contribution in [0.5, 0.6) is 5.75 Å². The van der Waals surface area contributed by atoms with Gasteiger partial charge in [0.1, 0.15) is 5.75 Å². The third-order valence-corrected chi connectivity index (χ3v) is 4.65. The van der Waals surface area contributed by atoms with Crippen LogP contribution in [0.15, 0.2) is 24.3 Å². The van der Waals surface area contributed by atoms with Crippen molar-refractivity contribution in [3.8, 4) is 5.75 Å². The first kappa shape index (κ1) is 17.0. The molecule has 5 nitrogen and oxygen atoms in total. The molecule has 0 aromatic heterocycles. The zero-order chi connectivity index (χ0) is 17.2. The quantitative estimate of drug-likeness (QED) is 0.913. The fourth-order valence-corrected chi connectivity index (χ4v) is 3.26. The van der Waals surface area contributed by atoms with Gasteiger partial charge >= 0.3 is 6.36 Å². The van der Waals surface area contributed by atoms with E-state index in [0.29, 0.717) is 5.69 Å².